The Balaban J connectivity index is 0.00000400. The van der Waals surface area contributed by atoms with E-state index in [0.29, 0.717) is 26.9 Å². The Morgan fingerprint density at radius 1 is 1.29 bits per heavy atom. The number of hydrogen-bond acceptors (Lipinski definition) is 1. The summed E-state index contributed by atoms with van der Waals surface area (Å²) in [5, 5.41) is 0.958. The maximum absolute atomic E-state index is 12.4. The Kier molecular flexibility index (Phi) is 9.17. The quantitative estimate of drug-likeness (QED) is 0.488. The van der Waals surface area contributed by atoms with E-state index in [0.717, 1.165) is 18.1 Å². The SMILES string of the molecule is Cc1ccc(Cl)c(C(=O)PCC(C)CC(C)(C)C)c1Cl.[Li]. The molecule has 2 atom stereocenters. The smallest absolute Gasteiger partial charge is 0.184 e. The summed E-state index contributed by atoms with van der Waals surface area (Å²) in [6.07, 6.45) is 2.01. The number of carbonyl (C=O) groups excluding carboxylic acids is 1. The molecule has 1 radical (unpaired) electrons. The molecule has 5 heteroatoms. The molecule has 1 aromatic rings. The molecule has 0 aliphatic carbocycles. The molecule has 0 fully saturated rings. The molecule has 0 spiro atoms. The summed E-state index contributed by atoms with van der Waals surface area (Å²) < 4.78 is 0. The summed E-state index contributed by atoms with van der Waals surface area (Å²) in [5.74, 6) is 0.527. The molecule has 0 aliphatic heterocycles. The van der Waals surface area contributed by atoms with E-state index in [2.05, 4.69) is 27.7 Å². The van der Waals surface area contributed by atoms with Crippen LogP contribution in [0.25, 0.3) is 0 Å². The van der Waals surface area contributed by atoms with Gasteiger partial charge in [-0.3, -0.25) is 4.79 Å². The third kappa shape index (κ3) is 7.07. The number of aryl methyl sites for hydroxylation is 1. The van der Waals surface area contributed by atoms with Crippen LogP contribution in [-0.4, -0.2) is 30.5 Å². The van der Waals surface area contributed by atoms with E-state index in [1.807, 2.05) is 13.0 Å². The van der Waals surface area contributed by atoms with Crippen molar-refractivity contribution in [2.45, 2.75) is 41.0 Å². The van der Waals surface area contributed by atoms with Crippen LogP contribution in [0.15, 0.2) is 12.1 Å². The molecular weight excluding hydrogens is 317 g/mol. The number of halogens is 2. The van der Waals surface area contributed by atoms with Crippen LogP contribution in [0.3, 0.4) is 0 Å². The molecule has 113 valence electrons. The van der Waals surface area contributed by atoms with Gasteiger partial charge in [0.05, 0.1) is 15.6 Å². The molecule has 0 heterocycles. The standard InChI is InChI=1S/C16H23Cl2OP.Li/c1-10(8-16(3,4)5)9-20-15(19)13-12(17)7-6-11(2)14(13)18;/h6-7,10,20H,8-9H2,1-5H3;. The summed E-state index contributed by atoms with van der Waals surface area (Å²) in [7, 11) is 0.231. The van der Waals surface area contributed by atoms with Crippen LogP contribution in [0.1, 0.15) is 50.0 Å². The predicted octanol–water partition coefficient (Wildman–Crippen LogP) is 5.81. The van der Waals surface area contributed by atoms with Crippen LogP contribution in [0.5, 0.6) is 0 Å². The molecule has 2 unspecified atom stereocenters. The van der Waals surface area contributed by atoms with Crippen molar-refractivity contribution in [3.63, 3.8) is 0 Å². The second-order valence-electron chi connectivity index (χ2n) is 6.63. The van der Waals surface area contributed by atoms with E-state index < -0.39 is 0 Å². The Bertz CT molecular complexity index is 498. The fraction of sp³-hybridized carbons (Fsp3) is 0.562. The first-order valence-corrected chi connectivity index (χ1v) is 8.81. The van der Waals surface area contributed by atoms with Crippen molar-refractivity contribution < 1.29 is 4.79 Å². The first-order valence-electron chi connectivity index (χ1n) is 6.84. The molecule has 0 saturated carbocycles. The van der Waals surface area contributed by atoms with Gasteiger partial charge in [-0.05, 0) is 51.0 Å². The molecule has 1 rings (SSSR count). The van der Waals surface area contributed by atoms with E-state index in [-0.39, 0.29) is 33.0 Å². The van der Waals surface area contributed by atoms with Crippen LogP contribution in [0.4, 0.5) is 0 Å². The van der Waals surface area contributed by atoms with Gasteiger partial charge in [-0.25, -0.2) is 0 Å². The molecular formula is C16H23Cl2LiOP. The monoisotopic (exact) mass is 339 g/mol. The van der Waals surface area contributed by atoms with Crippen molar-refractivity contribution in [1.82, 2.24) is 0 Å². The first kappa shape index (κ1) is 21.5. The Labute approximate surface area is 152 Å². The fourth-order valence-corrected chi connectivity index (χ4v) is 4.15. The third-order valence-corrected chi connectivity index (χ3v) is 5.36. The second kappa shape index (κ2) is 8.96. The van der Waals surface area contributed by atoms with Crippen LogP contribution >= 0.6 is 31.8 Å². The van der Waals surface area contributed by atoms with E-state index in [4.69, 9.17) is 23.2 Å². The Hall–Kier alpha value is 0.497. The average Bonchev–Trinajstić information content (AvgIpc) is 2.30. The molecule has 21 heavy (non-hydrogen) atoms. The summed E-state index contributed by atoms with van der Waals surface area (Å²) in [4.78, 5) is 12.4. The van der Waals surface area contributed by atoms with Gasteiger partial charge in [-0.2, -0.15) is 0 Å². The molecule has 0 N–H and O–H groups in total. The van der Waals surface area contributed by atoms with Gasteiger partial charge in [0, 0.05) is 18.9 Å². The zero-order chi connectivity index (χ0) is 15.5. The normalized spacial score (nSPS) is 13.3. The minimum atomic E-state index is 0. The van der Waals surface area contributed by atoms with Crippen molar-refractivity contribution in [2.24, 2.45) is 11.3 Å². The van der Waals surface area contributed by atoms with Gasteiger partial charge in [-0.15, -0.1) is 0 Å². The third-order valence-electron chi connectivity index (χ3n) is 3.08. The van der Waals surface area contributed by atoms with E-state index in [1.165, 1.54) is 0 Å². The number of hydrogen-bond donors (Lipinski definition) is 0. The molecule has 0 bridgehead atoms. The Morgan fingerprint density at radius 3 is 2.38 bits per heavy atom. The van der Waals surface area contributed by atoms with Crippen molar-refractivity contribution in [2.75, 3.05) is 6.16 Å². The molecule has 0 amide bonds. The summed E-state index contributed by atoms with van der Waals surface area (Å²) in [5.41, 5.74) is 1.76. The summed E-state index contributed by atoms with van der Waals surface area (Å²) >= 11 is 12.3. The zero-order valence-electron chi connectivity index (χ0n) is 13.8. The largest absolute Gasteiger partial charge is 0.289 e. The van der Waals surface area contributed by atoms with E-state index in [9.17, 15) is 4.79 Å². The maximum atomic E-state index is 12.4. The van der Waals surface area contributed by atoms with Gasteiger partial charge in [-0.1, -0.05) is 57.0 Å². The van der Waals surface area contributed by atoms with Gasteiger partial charge < -0.3 is 0 Å². The Morgan fingerprint density at radius 2 is 1.86 bits per heavy atom. The molecule has 0 saturated heterocycles. The van der Waals surface area contributed by atoms with Crippen LogP contribution in [0, 0.1) is 18.3 Å². The van der Waals surface area contributed by atoms with Crippen molar-refractivity contribution in [1.29, 1.82) is 0 Å². The van der Waals surface area contributed by atoms with Gasteiger partial charge in [0.25, 0.3) is 0 Å². The summed E-state index contributed by atoms with van der Waals surface area (Å²) in [6.45, 7) is 10.8. The minimum absolute atomic E-state index is 0. The second-order valence-corrected chi connectivity index (χ2v) is 8.63. The maximum Gasteiger partial charge on any atom is 0.184 e. The van der Waals surface area contributed by atoms with Gasteiger partial charge in [0.1, 0.15) is 0 Å². The molecule has 0 aliphatic rings. The number of rotatable bonds is 5. The van der Waals surface area contributed by atoms with Crippen molar-refractivity contribution in [3.05, 3.63) is 33.3 Å². The number of benzene rings is 1. The van der Waals surface area contributed by atoms with Crippen LogP contribution < -0.4 is 0 Å². The van der Waals surface area contributed by atoms with Crippen LogP contribution in [0.2, 0.25) is 10.0 Å². The first-order chi connectivity index (χ1) is 9.11. The fourth-order valence-electron chi connectivity index (χ4n) is 2.34. The molecule has 0 aromatic heterocycles. The van der Waals surface area contributed by atoms with Gasteiger partial charge in [0.15, 0.2) is 5.52 Å². The van der Waals surface area contributed by atoms with Crippen LogP contribution in [-0.2, 0) is 0 Å². The van der Waals surface area contributed by atoms with Gasteiger partial charge in [0.2, 0.25) is 0 Å². The minimum Gasteiger partial charge on any atom is -0.289 e. The topological polar surface area (TPSA) is 17.1 Å². The number of carbonyl (C=O) groups is 1. The van der Waals surface area contributed by atoms with E-state index in [1.54, 1.807) is 6.07 Å². The van der Waals surface area contributed by atoms with E-state index >= 15 is 0 Å². The van der Waals surface area contributed by atoms with Crippen molar-refractivity contribution >= 4 is 56.2 Å². The van der Waals surface area contributed by atoms with Crippen molar-refractivity contribution in [3.8, 4) is 0 Å². The molecule has 1 nitrogen and oxygen atoms in total. The summed E-state index contributed by atoms with van der Waals surface area (Å²) in [6, 6.07) is 3.59. The average molecular weight is 340 g/mol. The van der Waals surface area contributed by atoms with Gasteiger partial charge >= 0.3 is 0 Å². The zero-order valence-corrected chi connectivity index (χ0v) is 16.3. The predicted molar refractivity (Wildman–Crippen MR) is 97.7 cm³/mol. The molecule has 1 aromatic carbocycles.